The molecule has 4 rings (SSSR count). The number of nitrogens with zero attached hydrogens (tertiary/aromatic N) is 4. The fourth-order valence-corrected chi connectivity index (χ4v) is 3.01. The van der Waals surface area contributed by atoms with E-state index in [1.165, 1.54) is 4.80 Å². The second kappa shape index (κ2) is 7.85. The zero-order chi connectivity index (χ0) is 19.5. The zero-order valence-electron chi connectivity index (χ0n) is 15.1. The van der Waals surface area contributed by atoms with Crippen molar-refractivity contribution in [2.75, 3.05) is 6.79 Å². The van der Waals surface area contributed by atoms with Gasteiger partial charge in [-0.15, -0.1) is 10.2 Å². The molecule has 9 heteroatoms. The highest BCUT2D eigenvalue weighted by Gasteiger charge is 2.22. The lowest BCUT2D eigenvalue weighted by Gasteiger charge is -2.13. The van der Waals surface area contributed by atoms with Gasteiger partial charge in [-0.2, -0.15) is 4.80 Å². The second-order valence-corrected chi connectivity index (χ2v) is 6.71. The SMILES string of the molecule is CC[C@H](C(=O)NCc1ccc2c(c1)OCO2)n1nnc(-c2ccc(Cl)cc2)n1. The van der Waals surface area contributed by atoms with Gasteiger partial charge in [-0.05, 0) is 53.6 Å². The molecule has 28 heavy (non-hydrogen) atoms. The van der Waals surface area contributed by atoms with Crippen molar-refractivity contribution < 1.29 is 14.3 Å². The minimum absolute atomic E-state index is 0.180. The van der Waals surface area contributed by atoms with Gasteiger partial charge >= 0.3 is 0 Å². The predicted octanol–water partition coefficient (Wildman–Crippen LogP) is 2.99. The normalized spacial score (nSPS) is 13.4. The van der Waals surface area contributed by atoms with Crippen molar-refractivity contribution in [3.05, 3.63) is 53.1 Å². The van der Waals surface area contributed by atoms with E-state index < -0.39 is 6.04 Å². The maximum atomic E-state index is 12.7. The molecule has 1 aliphatic rings. The maximum Gasteiger partial charge on any atom is 0.247 e. The lowest BCUT2D eigenvalue weighted by Crippen LogP contribution is -2.33. The molecule has 0 aliphatic carbocycles. The number of amides is 1. The molecule has 1 aliphatic heterocycles. The maximum absolute atomic E-state index is 12.7. The lowest BCUT2D eigenvalue weighted by molar-refractivity contribution is -0.125. The number of hydrogen-bond acceptors (Lipinski definition) is 6. The van der Waals surface area contributed by atoms with E-state index in [1.54, 1.807) is 12.1 Å². The monoisotopic (exact) mass is 399 g/mol. The van der Waals surface area contributed by atoms with Crippen molar-refractivity contribution in [2.45, 2.75) is 25.9 Å². The van der Waals surface area contributed by atoms with Crippen molar-refractivity contribution in [1.82, 2.24) is 25.5 Å². The van der Waals surface area contributed by atoms with E-state index in [-0.39, 0.29) is 12.7 Å². The van der Waals surface area contributed by atoms with Gasteiger partial charge in [0.25, 0.3) is 0 Å². The van der Waals surface area contributed by atoms with Gasteiger partial charge in [0.2, 0.25) is 18.5 Å². The minimum atomic E-state index is -0.553. The summed E-state index contributed by atoms with van der Waals surface area (Å²) in [6, 6.07) is 12.2. The van der Waals surface area contributed by atoms with Crippen LogP contribution in [0.2, 0.25) is 5.02 Å². The number of halogens is 1. The molecule has 0 radical (unpaired) electrons. The third-order valence-corrected chi connectivity index (χ3v) is 4.65. The van der Waals surface area contributed by atoms with E-state index in [4.69, 9.17) is 21.1 Å². The number of fused-ring (bicyclic) bond motifs is 1. The Kier molecular flexibility index (Phi) is 5.12. The molecular formula is C19H18ClN5O3. The van der Waals surface area contributed by atoms with Crippen LogP contribution in [-0.4, -0.2) is 32.9 Å². The second-order valence-electron chi connectivity index (χ2n) is 6.27. The summed E-state index contributed by atoms with van der Waals surface area (Å²) in [7, 11) is 0. The summed E-state index contributed by atoms with van der Waals surface area (Å²) < 4.78 is 10.7. The molecule has 1 N–H and O–H groups in total. The number of hydrogen-bond donors (Lipinski definition) is 1. The lowest BCUT2D eigenvalue weighted by atomic mass is 10.2. The third kappa shape index (κ3) is 3.77. The molecule has 1 aromatic heterocycles. The Bertz CT molecular complexity index is 989. The van der Waals surface area contributed by atoms with E-state index in [2.05, 4.69) is 20.7 Å². The average molecular weight is 400 g/mol. The molecule has 0 saturated carbocycles. The van der Waals surface area contributed by atoms with Crippen molar-refractivity contribution in [3.63, 3.8) is 0 Å². The van der Waals surface area contributed by atoms with Crippen LogP contribution in [0.25, 0.3) is 11.4 Å². The van der Waals surface area contributed by atoms with Crippen LogP contribution in [0.1, 0.15) is 24.9 Å². The molecular weight excluding hydrogens is 382 g/mol. The molecule has 0 fully saturated rings. The largest absolute Gasteiger partial charge is 0.454 e. The van der Waals surface area contributed by atoms with Crippen LogP contribution in [0.5, 0.6) is 11.5 Å². The number of aromatic nitrogens is 4. The first kappa shape index (κ1) is 18.2. The Morgan fingerprint density at radius 2 is 2.00 bits per heavy atom. The van der Waals surface area contributed by atoms with Crippen LogP contribution in [-0.2, 0) is 11.3 Å². The predicted molar refractivity (Wildman–Crippen MR) is 102 cm³/mol. The van der Waals surface area contributed by atoms with Gasteiger partial charge in [-0.1, -0.05) is 24.6 Å². The van der Waals surface area contributed by atoms with Gasteiger partial charge < -0.3 is 14.8 Å². The van der Waals surface area contributed by atoms with Crippen LogP contribution in [0, 0.1) is 0 Å². The standard InChI is InChI=1S/C19H18ClN5O3/c1-2-15(25-23-18(22-24-25)13-4-6-14(20)7-5-13)19(26)21-10-12-3-8-16-17(9-12)28-11-27-16/h3-9,15H,2,10-11H2,1H3,(H,21,26)/t15-/m1/s1. The summed E-state index contributed by atoms with van der Waals surface area (Å²) in [6.07, 6.45) is 0.531. The zero-order valence-corrected chi connectivity index (χ0v) is 15.9. The average Bonchev–Trinajstić information content (AvgIpc) is 3.37. The first-order valence-corrected chi connectivity index (χ1v) is 9.23. The van der Waals surface area contributed by atoms with Gasteiger partial charge in [-0.25, -0.2) is 0 Å². The first-order chi connectivity index (χ1) is 13.6. The molecule has 2 heterocycles. The molecule has 8 nitrogen and oxygen atoms in total. The molecule has 2 aromatic carbocycles. The molecule has 0 saturated heterocycles. The number of tetrazole rings is 1. The van der Waals surface area contributed by atoms with Crippen LogP contribution < -0.4 is 14.8 Å². The van der Waals surface area contributed by atoms with Crippen LogP contribution in [0.3, 0.4) is 0 Å². The first-order valence-electron chi connectivity index (χ1n) is 8.85. The molecule has 0 bridgehead atoms. The number of rotatable bonds is 6. The molecule has 1 atom stereocenters. The highest BCUT2D eigenvalue weighted by Crippen LogP contribution is 2.32. The topological polar surface area (TPSA) is 91.2 Å². The number of carbonyl (C=O) groups is 1. The Morgan fingerprint density at radius 1 is 1.21 bits per heavy atom. The Morgan fingerprint density at radius 3 is 2.79 bits per heavy atom. The Hall–Kier alpha value is -3.13. The van der Waals surface area contributed by atoms with Gasteiger partial charge in [-0.3, -0.25) is 4.79 Å². The van der Waals surface area contributed by atoms with Crippen LogP contribution in [0.4, 0.5) is 0 Å². The number of nitrogens with one attached hydrogen (secondary N) is 1. The molecule has 0 unspecified atom stereocenters. The summed E-state index contributed by atoms with van der Waals surface area (Å²) in [5.41, 5.74) is 1.70. The van der Waals surface area contributed by atoms with Crippen molar-refractivity contribution in [2.24, 2.45) is 0 Å². The summed E-state index contributed by atoms with van der Waals surface area (Å²) in [4.78, 5) is 14.0. The van der Waals surface area contributed by atoms with E-state index in [0.29, 0.717) is 35.3 Å². The Labute approximate surface area is 166 Å². The van der Waals surface area contributed by atoms with E-state index >= 15 is 0 Å². The summed E-state index contributed by atoms with van der Waals surface area (Å²) in [5, 5.41) is 16.0. The van der Waals surface area contributed by atoms with E-state index in [9.17, 15) is 4.79 Å². The minimum Gasteiger partial charge on any atom is -0.454 e. The van der Waals surface area contributed by atoms with Crippen LogP contribution >= 0.6 is 11.6 Å². The smallest absolute Gasteiger partial charge is 0.247 e. The Balaban J connectivity index is 1.43. The van der Waals surface area contributed by atoms with Crippen molar-refractivity contribution in [3.8, 4) is 22.9 Å². The van der Waals surface area contributed by atoms with E-state index in [0.717, 1.165) is 11.1 Å². The number of ether oxygens (including phenoxy) is 2. The van der Waals surface area contributed by atoms with Gasteiger partial charge in [0.1, 0.15) is 0 Å². The number of carbonyl (C=O) groups excluding carboxylic acids is 1. The van der Waals surface area contributed by atoms with Gasteiger partial charge in [0, 0.05) is 17.1 Å². The summed E-state index contributed by atoms with van der Waals surface area (Å²) in [5.74, 6) is 1.66. The molecule has 1 amide bonds. The third-order valence-electron chi connectivity index (χ3n) is 4.40. The molecule has 3 aromatic rings. The summed E-state index contributed by atoms with van der Waals surface area (Å²) in [6.45, 7) is 2.48. The van der Waals surface area contributed by atoms with Gasteiger partial charge in [0.05, 0.1) is 0 Å². The number of benzene rings is 2. The van der Waals surface area contributed by atoms with Crippen molar-refractivity contribution in [1.29, 1.82) is 0 Å². The highest BCUT2D eigenvalue weighted by molar-refractivity contribution is 6.30. The fraction of sp³-hybridized carbons (Fsp3) is 0.263. The molecule has 0 spiro atoms. The van der Waals surface area contributed by atoms with E-state index in [1.807, 2.05) is 37.3 Å². The highest BCUT2D eigenvalue weighted by atomic mass is 35.5. The van der Waals surface area contributed by atoms with Crippen molar-refractivity contribution >= 4 is 17.5 Å². The van der Waals surface area contributed by atoms with Gasteiger partial charge in [0.15, 0.2) is 17.5 Å². The van der Waals surface area contributed by atoms with Crippen LogP contribution in [0.15, 0.2) is 42.5 Å². The quantitative estimate of drug-likeness (QED) is 0.685. The summed E-state index contributed by atoms with van der Waals surface area (Å²) >= 11 is 5.91. The molecule has 144 valence electrons. The fourth-order valence-electron chi connectivity index (χ4n) is 2.88.